The Morgan fingerprint density at radius 3 is 1.90 bits per heavy atom. The molecule has 0 amide bonds. The molecule has 29 heavy (non-hydrogen) atoms. The van der Waals surface area contributed by atoms with Gasteiger partial charge in [-0.3, -0.25) is 0 Å². The maximum absolute atomic E-state index is 13.8. The molecule has 0 saturated carbocycles. The number of alkyl halides is 3. The van der Waals surface area contributed by atoms with Crippen LogP contribution in [0.5, 0.6) is 0 Å². The standard InChI is InChI=1S/C24H20F3NS/c1-17-8-12-19(13-9-17)22(29-21-14-10-18(2)11-15-21)16-23(24(25,26)27)28-20-6-4-3-5-7-20/h3-16H,1-2H3/b22-16-,28-23?. The fraction of sp³-hybridized carbons (Fsp3) is 0.125. The summed E-state index contributed by atoms with van der Waals surface area (Å²) in [6.45, 7) is 3.91. The molecule has 0 aliphatic rings. The highest BCUT2D eigenvalue weighted by Crippen LogP contribution is 2.36. The third-order valence-corrected chi connectivity index (χ3v) is 5.23. The number of rotatable bonds is 5. The zero-order valence-corrected chi connectivity index (χ0v) is 16.9. The Kier molecular flexibility index (Phi) is 6.60. The number of hydrogen-bond acceptors (Lipinski definition) is 2. The van der Waals surface area contributed by atoms with Gasteiger partial charge in [-0.25, -0.2) is 4.99 Å². The average Bonchev–Trinajstić information content (AvgIpc) is 2.69. The van der Waals surface area contributed by atoms with Gasteiger partial charge in [-0.1, -0.05) is 77.5 Å². The van der Waals surface area contributed by atoms with Crippen molar-refractivity contribution < 1.29 is 13.2 Å². The topological polar surface area (TPSA) is 12.4 Å². The normalized spacial score (nSPS) is 12.9. The highest BCUT2D eigenvalue weighted by Gasteiger charge is 2.34. The fourth-order valence-electron chi connectivity index (χ4n) is 2.57. The van der Waals surface area contributed by atoms with Crippen LogP contribution < -0.4 is 0 Å². The first-order valence-electron chi connectivity index (χ1n) is 9.05. The summed E-state index contributed by atoms with van der Waals surface area (Å²) in [7, 11) is 0. The number of thioether (sulfide) groups is 1. The number of nitrogens with zero attached hydrogens (tertiary/aromatic N) is 1. The molecule has 0 saturated heterocycles. The number of halogens is 3. The summed E-state index contributed by atoms with van der Waals surface area (Å²) in [4.78, 5) is 5.22. The predicted octanol–water partition coefficient (Wildman–Crippen LogP) is 7.77. The lowest BCUT2D eigenvalue weighted by atomic mass is 10.1. The first kappa shape index (κ1) is 20.9. The van der Waals surface area contributed by atoms with Gasteiger partial charge in [0.05, 0.1) is 5.69 Å². The molecule has 0 aliphatic carbocycles. The first-order valence-corrected chi connectivity index (χ1v) is 9.87. The predicted molar refractivity (Wildman–Crippen MR) is 116 cm³/mol. The van der Waals surface area contributed by atoms with Crippen molar-refractivity contribution >= 4 is 28.1 Å². The van der Waals surface area contributed by atoms with E-state index >= 15 is 0 Å². The Morgan fingerprint density at radius 1 is 0.793 bits per heavy atom. The molecule has 0 unspecified atom stereocenters. The fourth-order valence-corrected chi connectivity index (χ4v) is 3.52. The van der Waals surface area contributed by atoms with Gasteiger partial charge >= 0.3 is 6.18 Å². The lowest BCUT2D eigenvalue weighted by Gasteiger charge is -2.12. The summed E-state index contributed by atoms with van der Waals surface area (Å²) in [5.74, 6) is 0. The van der Waals surface area contributed by atoms with E-state index in [1.165, 1.54) is 11.8 Å². The molecule has 3 rings (SSSR count). The van der Waals surface area contributed by atoms with E-state index in [2.05, 4.69) is 4.99 Å². The smallest absolute Gasteiger partial charge is 0.244 e. The van der Waals surface area contributed by atoms with Crippen LogP contribution in [-0.4, -0.2) is 11.9 Å². The molecule has 0 fully saturated rings. The van der Waals surface area contributed by atoms with Gasteiger partial charge < -0.3 is 0 Å². The lowest BCUT2D eigenvalue weighted by Crippen LogP contribution is -2.20. The van der Waals surface area contributed by atoms with Gasteiger partial charge in [0, 0.05) is 9.80 Å². The van der Waals surface area contributed by atoms with E-state index in [0.717, 1.165) is 22.1 Å². The van der Waals surface area contributed by atoms with Crippen molar-refractivity contribution in [2.24, 2.45) is 4.99 Å². The molecule has 3 aromatic rings. The Bertz CT molecular complexity index is 1000. The van der Waals surface area contributed by atoms with Gasteiger partial charge in [0.25, 0.3) is 0 Å². The van der Waals surface area contributed by atoms with Crippen LogP contribution in [0.15, 0.2) is 94.8 Å². The van der Waals surface area contributed by atoms with Crippen molar-refractivity contribution in [3.05, 3.63) is 102 Å². The molecule has 0 aliphatic heterocycles. The van der Waals surface area contributed by atoms with Crippen molar-refractivity contribution in [3.63, 3.8) is 0 Å². The van der Waals surface area contributed by atoms with Gasteiger partial charge in [0.15, 0.2) is 0 Å². The molecule has 0 heterocycles. The second-order valence-corrected chi connectivity index (χ2v) is 7.74. The van der Waals surface area contributed by atoms with Gasteiger partial charge in [-0.15, -0.1) is 0 Å². The molecular formula is C24H20F3NS. The molecule has 148 valence electrons. The van der Waals surface area contributed by atoms with E-state index in [1.54, 1.807) is 30.3 Å². The highest BCUT2D eigenvalue weighted by atomic mass is 32.2. The zero-order chi connectivity index (χ0) is 20.9. The van der Waals surface area contributed by atoms with E-state index < -0.39 is 11.9 Å². The molecule has 0 bridgehead atoms. The van der Waals surface area contributed by atoms with Crippen molar-refractivity contribution in [2.45, 2.75) is 24.9 Å². The van der Waals surface area contributed by atoms with Gasteiger partial charge in [0.2, 0.25) is 0 Å². The van der Waals surface area contributed by atoms with Crippen molar-refractivity contribution in [3.8, 4) is 0 Å². The maximum Gasteiger partial charge on any atom is 0.433 e. The summed E-state index contributed by atoms with van der Waals surface area (Å²) < 4.78 is 41.3. The van der Waals surface area contributed by atoms with Crippen molar-refractivity contribution in [2.75, 3.05) is 0 Å². The van der Waals surface area contributed by atoms with Crippen LogP contribution in [0.25, 0.3) is 4.91 Å². The van der Waals surface area contributed by atoms with E-state index in [4.69, 9.17) is 0 Å². The number of para-hydroxylation sites is 1. The van der Waals surface area contributed by atoms with Crippen LogP contribution in [0.4, 0.5) is 18.9 Å². The van der Waals surface area contributed by atoms with Crippen molar-refractivity contribution in [1.82, 2.24) is 0 Å². The third-order valence-electron chi connectivity index (χ3n) is 4.15. The maximum atomic E-state index is 13.8. The van der Waals surface area contributed by atoms with Crippen LogP contribution in [0.2, 0.25) is 0 Å². The van der Waals surface area contributed by atoms with Gasteiger partial charge in [-0.05, 0) is 49.8 Å². The largest absolute Gasteiger partial charge is 0.433 e. The van der Waals surface area contributed by atoms with Crippen molar-refractivity contribution in [1.29, 1.82) is 0 Å². The first-order chi connectivity index (χ1) is 13.8. The van der Waals surface area contributed by atoms with Gasteiger partial charge in [0.1, 0.15) is 5.71 Å². The SMILES string of the molecule is Cc1ccc(S/C(=C\C(=Nc2ccccc2)C(F)(F)F)c2ccc(C)cc2)cc1. The minimum atomic E-state index is -4.57. The number of benzene rings is 3. The summed E-state index contributed by atoms with van der Waals surface area (Å²) in [6.07, 6.45) is -3.44. The molecule has 1 nitrogen and oxygen atoms in total. The van der Waals surface area contributed by atoms with Crippen LogP contribution in [0.3, 0.4) is 0 Å². The molecule has 0 radical (unpaired) electrons. The van der Waals surface area contributed by atoms with Crippen LogP contribution in [0, 0.1) is 13.8 Å². The van der Waals surface area contributed by atoms with Crippen LogP contribution in [-0.2, 0) is 0 Å². The summed E-state index contributed by atoms with van der Waals surface area (Å²) in [6, 6.07) is 23.3. The molecular weight excluding hydrogens is 391 g/mol. The molecule has 0 spiro atoms. The Balaban J connectivity index is 2.08. The number of allylic oxidation sites excluding steroid dienone is 1. The number of aryl methyl sites for hydroxylation is 2. The molecule has 3 aromatic carbocycles. The summed E-state index contributed by atoms with van der Waals surface area (Å²) in [5.41, 5.74) is 2.18. The van der Waals surface area contributed by atoms with E-state index in [0.29, 0.717) is 10.5 Å². The second-order valence-electron chi connectivity index (χ2n) is 6.62. The molecule has 0 aromatic heterocycles. The minimum absolute atomic E-state index is 0.264. The van der Waals surface area contributed by atoms with Crippen LogP contribution >= 0.6 is 11.8 Å². The molecule has 0 N–H and O–H groups in total. The van der Waals surface area contributed by atoms with E-state index in [9.17, 15) is 13.2 Å². The third kappa shape index (κ3) is 6.09. The van der Waals surface area contributed by atoms with E-state index in [1.807, 2.05) is 62.4 Å². The molecule has 0 atom stereocenters. The van der Waals surface area contributed by atoms with Gasteiger partial charge in [-0.2, -0.15) is 13.2 Å². The van der Waals surface area contributed by atoms with Crippen LogP contribution in [0.1, 0.15) is 16.7 Å². The Labute approximate surface area is 173 Å². The minimum Gasteiger partial charge on any atom is -0.244 e. The summed E-state index contributed by atoms with van der Waals surface area (Å²) in [5, 5.41) is 0. The number of hydrogen-bond donors (Lipinski definition) is 0. The quantitative estimate of drug-likeness (QED) is 0.308. The Hall–Kier alpha value is -2.79. The zero-order valence-electron chi connectivity index (χ0n) is 16.1. The monoisotopic (exact) mass is 411 g/mol. The average molecular weight is 411 g/mol. The van der Waals surface area contributed by atoms with E-state index in [-0.39, 0.29) is 5.69 Å². The molecule has 5 heteroatoms. The number of aliphatic imine (C=N–C) groups is 1. The lowest BCUT2D eigenvalue weighted by molar-refractivity contribution is -0.0576. The second kappa shape index (κ2) is 9.14. The Morgan fingerprint density at radius 2 is 1.34 bits per heavy atom. The highest BCUT2D eigenvalue weighted by molar-refractivity contribution is 8.08. The summed E-state index contributed by atoms with van der Waals surface area (Å²) >= 11 is 1.29.